The Kier molecular flexibility index (Phi) is 6.45. The number of carbonyl (C=O) groups excluding carboxylic acids is 1. The van der Waals surface area contributed by atoms with Crippen LogP contribution in [0.2, 0.25) is 0 Å². The minimum atomic E-state index is -0.463. The molecule has 0 aliphatic heterocycles. The molecule has 1 aliphatic rings. The Hall–Kier alpha value is -3.61. The van der Waals surface area contributed by atoms with Crippen molar-refractivity contribution in [3.8, 4) is 28.9 Å². The molecule has 4 rings (SSSR count). The summed E-state index contributed by atoms with van der Waals surface area (Å²) in [6, 6.07) is 12.7. The number of ether oxygens (including phenoxy) is 4. The number of nitrogens with one attached hydrogen (secondary N) is 1. The summed E-state index contributed by atoms with van der Waals surface area (Å²) in [6.07, 6.45) is 2.26. The number of furan rings is 1. The molecule has 35 heavy (non-hydrogen) atoms. The van der Waals surface area contributed by atoms with Gasteiger partial charge in [-0.2, -0.15) is 0 Å². The van der Waals surface area contributed by atoms with Crippen LogP contribution in [0.1, 0.15) is 62.2 Å². The second kappa shape index (κ2) is 9.21. The molecule has 0 spiro atoms. The average molecular weight is 480 g/mol. The van der Waals surface area contributed by atoms with Crippen molar-refractivity contribution in [1.29, 1.82) is 0 Å². The highest BCUT2D eigenvalue weighted by Gasteiger charge is 2.37. The molecule has 0 bridgehead atoms. The van der Waals surface area contributed by atoms with Gasteiger partial charge in [0.25, 0.3) is 11.9 Å². The molecule has 7 nitrogen and oxygen atoms in total. The van der Waals surface area contributed by atoms with Crippen LogP contribution in [0.5, 0.6) is 28.9 Å². The fourth-order valence-corrected chi connectivity index (χ4v) is 4.55. The summed E-state index contributed by atoms with van der Waals surface area (Å²) in [5.74, 6) is 1.89. The number of carbonyl (C=O) groups is 1. The van der Waals surface area contributed by atoms with Crippen LogP contribution in [0.3, 0.4) is 0 Å². The van der Waals surface area contributed by atoms with Gasteiger partial charge in [0.15, 0.2) is 5.76 Å². The summed E-state index contributed by atoms with van der Waals surface area (Å²) < 4.78 is 27.8. The quantitative estimate of drug-likeness (QED) is 0.406. The van der Waals surface area contributed by atoms with Gasteiger partial charge in [-0.1, -0.05) is 33.8 Å². The van der Waals surface area contributed by atoms with Crippen LogP contribution in [0, 0.1) is 0 Å². The average Bonchev–Trinajstić information content (AvgIpc) is 3.30. The molecule has 186 valence electrons. The fraction of sp³-hybridized carbons (Fsp3) is 0.393. The molecular weight excluding hydrogens is 446 g/mol. The Balaban J connectivity index is 1.55. The Morgan fingerprint density at radius 2 is 1.43 bits per heavy atom. The minimum absolute atomic E-state index is 0.0644. The minimum Gasteiger partial charge on any atom is -0.496 e. The Morgan fingerprint density at radius 1 is 0.800 bits per heavy atom. The predicted molar refractivity (Wildman–Crippen MR) is 135 cm³/mol. The first kappa shape index (κ1) is 24.5. The molecule has 0 atom stereocenters. The van der Waals surface area contributed by atoms with E-state index < -0.39 is 5.91 Å². The lowest BCUT2D eigenvalue weighted by molar-refractivity contribution is 0.0991. The molecule has 0 saturated carbocycles. The highest BCUT2D eigenvalue weighted by atomic mass is 16.6. The van der Waals surface area contributed by atoms with Gasteiger partial charge in [0, 0.05) is 18.2 Å². The maximum Gasteiger partial charge on any atom is 0.291 e. The van der Waals surface area contributed by atoms with Crippen LogP contribution in [-0.2, 0) is 10.8 Å². The number of methoxy groups -OCH3 is 3. The van der Waals surface area contributed by atoms with Gasteiger partial charge in [-0.05, 0) is 53.0 Å². The van der Waals surface area contributed by atoms with Crippen molar-refractivity contribution in [2.24, 2.45) is 0 Å². The zero-order chi connectivity index (χ0) is 25.4. The van der Waals surface area contributed by atoms with Crippen molar-refractivity contribution in [2.75, 3.05) is 26.6 Å². The van der Waals surface area contributed by atoms with Gasteiger partial charge in [0.1, 0.15) is 28.7 Å². The van der Waals surface area contributed by atoms with E-state index >= 15 is 0 Å². The molecule has 1 amide bonds. The van der Waals surface area contributed by atoms with Crippen LogP contribution in [0.25, 0.3) is 0 Å². The molecule has 1 aromatic heterocycles. The number of benzene rings is 2. The number of fused-ring (bicyclic) bond motifs is 1. The summed E-state index contributed by atoms with van der Waals surface area (Å²) in [5.41, 5.74) is 3.20. The molecule has 0 unspecified atom stereocenters. The van der Waals surface area contributed by atoms with Gasteiger partial charge in [0.2, 0.25) is 0 Å². The molecule has 1 heterocycles. The van der Waals surface area contributed by atoms with E-state index in [0.29, 0.717) is 28.7 Å². The Morgan fingerprint density at radius 3 is 2.03 bits per heavy atom. The van der Waals surface area contributed by atoms with E-state index in [1.54, 1.807) is 31.4 Å². The van der Waals surface area contributed by atoms with Gasteiger partial charge in [0.05, 0.1) is 21.3 Å². The predicted octanol–water partition coefficient (Wildman–Crippen LogP) is 6.70. The van der Waals surface area contributed by atoms with Crippen LogP contribution >= 0.6 is 0 Å². The maximum absolute atomic E-state index is 12.9. The van der Waals surface area contributed by atoms with Crippen molar-refractivity contribution in [3.63, 3.8) is 0 Å². The van der Waals surface area contributed by atoms with E-state index in [1.165, 1.54) is 25.3 Å². The molecule has 1 aliphatic carbocycles. The third-order valence-corrected chi connectivity index (χ3v) is 6.80. The molecule has 3 aromatic rings. The van der Waals surface area contributed by atoms with E-state index in [9.17, 15) is 4.79 Å². The third-order valence-electron chi connectivity index (χ3n) is 6.80. The van der Waals surface area contributed by atoms with E-state index in [-0.39, 0.29) is 22.5 Å². The first-order valence-electron chi connectivity index (χ1n) is 11.6. The van der Waals surface area contributed by atoms with Crippen molar-refractivity contribution in [3.05, 3.63) is 59.4 Å². The summed E-state index contributed by atoms with van der Waals surface area (Å²) >= 11 is 0. The Bertz CT molecular complexity index is 1210. The number of anilines is 1. The smallest absolute Gasteiger partial charge is 0.291 e. The van der Waals surface area contributed by atoms with E-state index in [1.807, 2.05) is 6.07 Å². The standard InChI is InChI=1S/C28H33NO6/c1-27(2)12-13-28(3,4)20-14-17(8-9-19(20)27)34-24-11-10-21(35-24)26(30)29-25-22(32-6)15-18(31-5)16-23(25)33-7/h8-11,14-16H,12-13H2,1-7H3,(H,29,30). The molecule has 7 heteroatoms. The molecule has 1 N–H and O–H groups in total. The van der Waals surface area contributed by atoms with E-state index in [0.717, 1.165) is 12.8 Å². The number of hydrogen-bond donors (Lipinski definition) is 1. The Labute approximate surface area is 206 Å². The summed E-state index contributed by atoms with van der Waals surface area (Å²) in [6.45, 7) is 9.10. The number of hydrogen-bond acceptors (Lipinski definition) is 6. The lowest BCUT2D eigenvalue weighted by atomic mass is 9.63. The second-order valence-corrected chi connectivity index (χ2v) is 10.1. The fourth-order valence-electron chi connectivity index (χ4n) is 4.55. The summed E-state index contributed by atoms with van der Waals surface area (Å²) in [7, 11) is 4.55. The maximum atomic E-state index is 12.9. The molecule has 0 radical (unpaired) electrons. The zero-order valence-electron chi connectivity index (χ0n) is 21.4. The lowest BCUT2D eigenvalue weighted by Gasteiger charge is -2.41. The summed E-state index contributed by atoms with van der Waals surface area (Å²) in [4.78, 5) is 12.9. The van der Waals surface area contributed by atoms with Crippen LogP contribution < -0.4 is 24.3 Å². The van der Waals surface area contributed by atoms with E-state index in [2.05, 4.69) is 45.1 Å². The van der Waals surface area contributed by atoms with Crippen LogP contribution in [0.4, 0.5) is 5.69 Å². The monoisotopic (exact) mass is 479 g/mol. The topological polar surface area (TPSA) is 79.2 Å². The second-order valence-electron chi connectivity index (χ2n) is 10.1. The largest absolute Gasteiger partial charge is 0.496 e. The van der Waals surface area contributed by atoms with Crippen molar-refractivity contribution < 1.29 is 28.2 Å². The first-order chi connectivity index (χ1) is 16.6. The van der Waals surface area contributed by atoms with Gasteiger partial charge >= 0.3 is 0 Å². The van der Waals surface area contributed by atoms with Gasteiger partial charge in [-0.15, -0.1) is 0 Å². The molecule has 0 saturated heterocycles. The summed E-state index contributed by atoms with van der Waals surface area (Å²) in [5, 5.41) is 2.79. The molecule has 2 aromatic carbocycles. The van der Waals surface area contributed by atoms with Gasteiger partial charge in [-0.3, -0.25) is 4.79 Å². The van der Waals surface area contributed by atoms with E-state index in [4.69, 9.17) is 23.4 Å². The first-order valence-corrected chi connectivity index (χ1v) is 11.6. The third kappa shape index (κ3) is 4.81. The van der Waals surface area contributed by atoms with Gasteiger partial charge in [-0.25, -0.2) is 0 Å². The molecule has 0 fully saturated rings. The highest BCUT2D eigenvalue weighted by Crippen LogP contribution is 2.47. The van der Waals surface area contributed by atoms with Crippen molar-refractivity contribution in [1.82, 2.24) is 0 Å². The van der Waals surface area contributed by atoms with Crippen molar-refractivity contribution >= 4 is 11.6 Å². The lowest BCUT2D eigenvalue weighted by Crippen LogP contribution is -2.33. The number of amides is 1. The zero-order valence-corrected chi connectivity index (χ0v) is 21.4. The van der Waals surface area contributed by atoms with Crippen LogP contribution in [0.15, 0.2) is 46.9 Å². The SMILES string of the molecule is COc1cc(OC)c(NC(=O)c2ccc(Oc3ccc4c(c3)C(C)(C)CCC4(C)C)o2)c(OC)c1. The normalized spacial score (nSPS) is 15.6. The van der Waals surface area contributed by atoms with Gasteiger partial charge < -0.3 is 28.7 Å². The van der Waals surface area contributed by atoms with Crippen molar-refractivity contribution in [2.45, 2.75) is 51.4 Å². The van der Waals surface area contributed by atoms with Crippen LogP contribution in [-0.4, -0.2) is 27.2 Å². The molecular formula is C28H33NO6. The number of rotatable bonds is 7. The highest BCUT2D eigenvalue weighted by molar-refractivity contribution is 6.04.